The third-order valence-corrected chi connectivity index (χ3v) is 5.15. The van der Waals surface area contributed by atoms with Gasteiger partial charge in [-0.3, -0.25) is 5.10 Å². The Bertz CT molecular complexity index is 940. The molecule has 0 bridgehead atoms. The lowest BCUT2D eigenvalue weighted by atomic mass is 9.89. The van der Waals surface area contributed by atoms with Crippen molar-refractivity contribution in [1.29, 1.82) is 0 Å². The Kier molecular flexibility index (Phi) is 4.06. The molecule has 1 fully saturated rings. The van der Waals surface area contributed by atoms with E-state index in [-0.39, 0.29) is 0 Å². The van der Waals surface area contributed by atoms with Crippen molar-refractivity contribution >= 4 is 29.3 Å². The summed E-state index contributed by atoms with van der Waals surface area (Å²) in [5, 5.41) is 13.2. The van der Waals surface area contributed by atoms with Crippen molar-refractivity contribution in [2.75, 3.05) is 0 Å². The van der Waals surface area contributed by atoms with Crippen LogP contribution >= 0.6 is 12.2 Å². The summed E-state index contributed by atoms with van der Waals surface area (Å²) in [4.78, 5) is 0. The van der Waals surface area contributed by atoms with Crippen LogP contribution in [0.3, 0.4) is 0 Å². The molecule has 1 N–H and O–H groups in total. The van der Waals surface area contributed by atoms with E-state index < -0.39 is 0 Å². The normalized spacial score (nSPS) is 16.4. The molecule has 1 saturated carbocycles. The van der Waals surface area contributed by atoms with Crippen molar-refractivity contribution in [2.45, 2.75) is 38.0 Å². The Labute approximate surface area is 146 Å². The van der Waals surface area contributed by atoms with Gasteiger partial charge in [0.25, 0.3) is 0 Å². The number of aromatic amines is 1. The summed E-state index contributed by atoms with van der Waals surface area (Å²) < 4.78 is 4.48. The van der Waals surface area contributed by atoms with Gasteiger partial charge in [0.05, 0.1) is 6.21 Å². The first kappa shape index (κ1) is 15.3. The van der Waals surface area contributed by atoms with E-state index in [0.717, 1.165) is 11.4 Å². The van der Waals surface area contributed by atoms with Crippen LogP contribution < -0.4 is 0 Å². The van der Waals surface area contributed by atoms with Crippen molar-refractivity contribution in [3.8, 4) is 0 Å². The third kappa shape index (κ3) is 2.71. The maximum Gasteiger partial charge on any atom is 0.216 e. The molecule has 124 valence electrons. The first-order valence-corrected chi connectivity index (χ1v) is 8.90. The molecule has 1 aromatic carbocycles. The fraction of sp³-hybridized carbons (Fsp3) is 0.389. The van der Waals surface area contributed by atoms with Crippen LogP contribution in [0.25, 0.3) is 10.9 Å². The van der Waals surface area contributed by atoms with E-state index in [0.29, 0.717) is 10.7 Å². The van der Waals surface area contributed by atoms with Crippen LogP contribution in [-0.4, -0.2) is 25.7 Å². The van der Waals surface area contributed by atoms with E-state index in [1.54, 1.807) is 4.68 Å². The highest BCUT2D eigenvalue weighted by Gasteiger charge is 2.21. The predicted octanol–water partition coefficient (Wildman–Crippen LogP) is 4.36. The number of nitrogens with one attached hydrogen (secondary N) is 1. The Hall–Kier alpha value is -2.21. The molecular formula is C18H21N5S. The van der Waals surface area contributed by atoms with Gasteiger partial charge in [-0.2, -0.15) is 14.9 Å². The highest BCUT2D eigenvalue weighted by molar-refractivity contribution is 7.71. The maximum absolute atomic E-state index is 5.38. The van der Waals surface area contributed by atoms with E-state index >= 15 is 0 Å². The largest absolute Gasteiger partial charge is 0.350 e. The van der Waals surface area contributed by atoms with E-state index in [1.165, 1.54) is 43.0 Å². The summed E-state index contributed by atoms with van der Waals surface area (Å²) in [7, 11) is 2.05. The SMILES string of the molecule is Cn1cc(/C=N\n2c(C3CCCCC3)n[nH]c2=S)c2ccccc21. The van der Waals surface area contributed by atoms with E-state index in [4.69, 9.17) is 12.2 Å². The number of aryl methyl sites for hydroxylation is 1. The first-order valence-electron chi connectivity index (χ1n) is 8.50. The van der Waals surface area contributed by atoms with Gasteiger partial charge >= 0.3 is 0 Å². The Morgan fingerprint density at radius 3 is 2.88 bits per heavy atom. The fourth-order valence-electron chi connectivity index (χ4n) is 3.64. The summed E-state index contributed by atoms with van der Waals surface area (Å²) in [6, 6.07) is 8.34. The molecule has 0 atom stereocenters. The van der Waals surface area contributed by atoms with E-state index in [9.17, 15) is 0 Å². The van der Waals surface area contributed by atoms with Crippen molar-refractivity contribution in [2.24, 2.45) is 12.1 Å². The minimum Gasteiger partial charge on any atom is -0.350 e. The molecule has 1 aliphatic rings. The predicted molar refractivity (Wildman–Crippen MR) is 99.1 cm³/mol. The van der Waals surface area contributed by atoms with E-state index in [2.05, 4.69) is 57.4 Å². The molecule has 4 rings (SSSR count). The van der Waals surface area contributed by atoms with Gasteiger partial charge in [-0.15, -0.1) is 0 Å². The summed E-state index contributed by atoms with van der Waals surface area (Å²) in [6.07, 6.45) is 10.2. The fourth-order valence-corrected chi connectivity index (χ4v) is 3.82. The summed E-state index contributed by atoms with van der Waals surface area (Å²) in [6.45, 7) is 0. The Balaban J connectivity index is 1.71. The monoisotopic (exact) mass is 339 g/mol. The number of nitrogens with zero attached hydrogens (tertiary/aromatic N) is 4. The van der Waals surface area contributed by atoms with Crippen LogP contribution in [0.1, 0.15) is 49.4 Å². The van der Waals surface area contributed by atoms with Crippen molar-refractivity contribution in [1.82, 2.24) is 19.4 Å². The van der Waals surface area contributed by atoms with Crippen molar-refractivity contribution < 1.29 is 0 Å². The molecule has 0 radical (unpaired) electrons. The number of H-pyrrole nitrogens is 1. The Morgan fingerprint density at radius 2 is 2.04 bits per heavy atom. The van der Waals surface area contributed by atoms with Crippen LogP contribution in [-0.2, 0) is 7.05 Å². The average molecular weight is 339 g/mol. The molecule has 0 spiro atoms. The average Bonchev–Trinajstić information content (AvgIpc) is 3.14. The van der Waals surface area contributed by atoms with Gasteiger partial charge < -0.3 is 4.57 Å². The molecule has 6 heteroatoms. The number of para-hydroxylation sites is 1. The summed E-state index contributed by atoms with van der Waals surface area (Å²) in [5.74, 6) is 1.42. The first-order chi connectivity index (χ1) is 11.7. The van der Waals surface area contributed by atoms with Gasteiger partial charge in [-0.25, -0.2) is 0 Å². The van der Waals surface area contributed by atoms with Gasteiger partial charge in [0.2, 0.25) is 4.77 Å². The second-order valence-electron chi connectivity index (χ2n) is 6.49. The van der Waals surface area contributed by atoms with Gasteiger partial charge in [-0.05, 0) is 31.1 Å². The van der Waals surface area contributed by atoms with E-state index in [1.807, 2.05) is 6.21 Å². The molecule has 2 heterocycles. The lowest BCUT2D eigenvalue weighted by Gasteiger charge is -2.19. The molecular weight excluding hydrogens is 318 g/mol. The van der Waals surface area contributed by atoms with Crippen LogP contribution in [0.5, 0.6) is 0 Å². The summed E-state index contributed by atoms with van der Waals surface area (Å²) >= 11 is 5.38. The zero-order valence-corrected chi connectivity index (χ0v) is 14.6. The van der Waals surface area contributed by atoms with Gasteiger partial charge in [0, 0.05) is 35.6 Å². The number of hydrogen-bond donors (Lipinski definition) is 1. The number of hydrogen-bond acceptors (Lipinski definition) is 3. The van der Waals surface area contributed by atoms with Crippen LogP contribution in [0.4, 0.5) is 0 Å². The molecule has 0 unspecified atom stereocenters. The second-order valence-corrected chi connectivity index (χ2v) is 6.88. The highest BCUT2D eigenvalue weighted by Crippen LogP contribution is 2.31. The number of fused-ring (bicyclic) bond motifs is 1. The lowest BCUT2D eigenvalue weighted by molar-refractivity contribution is 0.419. The molecule has 24 heavy (non-hydrogen) atoms. The van der Waals surface area contributed by atoms with Crippen molar-refractivity contribution in [3.63, 3.8) is 0 Å². The zero-order valence-electron chi connectivity index (χ0n) is 13.8. The molecule has 2 aromatic heterocycles. The Morgan fingerprint density at radius 1 is 1.25 bits per heavy atom. The molecule has 0 aliphatic heterocycles. The van der Waals surface area contributed by atoms with Crippen LogP contribution in [0, 0.1) is 4.77 Å². The van der Waals surface area contributed by atoms with Gasteiger partial charge in [-0.1, -0.05) is 37.5 Å². The highest BCUT2D eigenvalue weighted by atomic mass is 32.1. The second kappa shape index (κ2) is 6.36. The lowest BCUT2D eigenvalue weighted by Crippen LogP contribution is -2.10. The maximum atomic E-state index is 5.38. The molecule has 5 nitrogen and oxygen atoms in total. The molecule has 3 aromatic rings. The number of rotatable bonds is 3. The molecule has 1 aliphatic carbocycles. The smallest absolute Gasteiger partial charge is 0.216 e. The zero-order chi connectivity index (χ0) is 16.5. The van der Waals surface area contributed by atoms with Crippen LogP contribution in [0.2, 0.25) is 0 Å². The summed E-state index contributed by atoms with van der Waals surface area (Å²) in [5.41, 5.74) is 2.29. The minimum absolute atomic E-state index is 0.455. The molecule has 0 saturated heterocycles. The van der Waals surface area contributed by atoms with Gasteiger partial charge in [0.15, 0.2) is 5.82 Å². The number of aromatic nitrogens is 4. The molecule has 0 amide bonds. The van der Waals surface area contributed by atoms with Gasteiger partial charge in [0.1, 0.15) is 0 Å². The topological polar surface area (TPSA) is 50.9 Å². The third-order valence-electron chi connectivity index (χ3n) is 4.89. The van der Waals surface area contributed by atoms with Crippen molar-refractivity contribution in [3.05, 3.63) is 46.6 Å². The minimum atomic E-state index is 0.455. The quantitative estimate of drug-likeness (QED) is 0.569. The van der Waals surface area contributed by atoms with Crippen LogP contribution in [0.15, 0.2) is 35.6 Å². The standard InChI is InChI=1S/C18H21N5S/c1-22-12-14(15-9-5-6-10-16(15)22)11-19-23-17(20-21-18(23)24)13-7-3-2-4-8-13/h5-6,9-13H,2-4,7-8H2,1H3,(H,21,24)/b19-11-. The number of benzene rings is 1.